The molecule has 0 saturated carbocycles. The topological polar surface area (TPSA) is 51.8 Å². The average molecular weight is 159 g/mol. The van der Waals surface area contributed by atoms with Crippen LogP contribution >= 0.6 is 0 Å². The first-order valence-electron chi connectivity index (χ1n) is 3.75. The molecule has 2 aromatic rings. The number of nitrogens with zero attached hydrogens (tertiary/aromatic N) is 2. The summed E-state index contributed by atoms with van der Waals surface area (Å²) in [6, 6.07) is 3.82. The molecule has 60 valence electrons. The van der Waals surface area contributed by atoms with Crippen LogP contribution in [-0.2, 0) is 0 Å². The van der Waals surface area contributed by atoms with Crippen molar-refractivity contribution in [1.82, 2.24) is 9.97 Å². The van der Waals surface area contributed by atoms with Gasteiger partial charge in [-0.2, -0.15) is 0 Å². The molecule has 3 nitrogen and oxygen atoms in total. The summed E-state index contributed by atoms with van der Waals surface area (Å²) >= 11 is 0. The van der Waals surface area contributed by atoms with Gasteiger partial charge in [0.2, 0.25) is 0 Å². The zero-order chi connectivity index (χ0) is 8.55. The van der Waals surface area contributed by atoms with Gasteiger partial charge in [0.05, 0.1) is 23.1 Å². The summed E-state index contributed by atoms with van der Waals surface area (Å²) in [5.41, 5.74) is 8.21. The van der Waals surface area contributed by atoms with Gasteiger partial charge in [-0.3, -0.25) is 9.97 Å². The number of aryl methyl sites for hydroxylation is 1. The normalized spacial score (nSPS) is 10.4. The molecule has 0 aromatic carbocycles. The first kappa shape index (κ1) is 7.03. The van der Waals surface area contributed by atoms with Gasteiger partial charge in [0, 0.05) is 11.6 Å². The smallest absolute Gasteiger partial charge is 0.0934 e. The molecule has 2 heterocycles. The zero-order valence-electron chi connectivity index (χ0n) is 6.78. The molecular weight excluding hydrogens is 150 g/mol. The van der Waals surface area contributed by atoms with E-state index in [0.29, 0.717) is 5.69 Å². The lowest BCUT2D eigenvalue weighted by Gasteiger charge is -2.01. The third kappa shape index (κ3) is 0.906. The minimum Gasteiger partial charge on any atom is -0.397 e. The van der Waals surface area contributed by atoms with Gasteiger partial charge in [-0.1, -0.05) is 0 Å². The van der Waals surface area contributed by atoms with E-state index in [1.54, 1.807) is 12.4 Å². The Balaban J connectivity index is 2.95. The first-order chi connectivity index (χ1) is 5.79. The fraction of sp³-hybridized carbons (Fsp3) is 0.111. The summed E-state index contributed by atoms with van der Waals surface area (Å²) in [6.07, 6.45) is 3.41. The van der Waals surface area contributed by atoms with E-state index < -0.39 is 0 Å². The lowest BCUT2D eigenvalue weighted by atomic mass is 10.2. The summed E-state index contributed by atoms with van der Waals surface area (Å²) in [6.45, 7) is 1.93. The Morgan fingerprint density at radius 1 is 1.33 bits per heavy atom. The third-order valence-electron chi connectivity index (χ3n) is 1.86. The number of nitrogen functional groups attached to an aromatic ring is 1. The van der Waals surface area contributed by atoms with Gasteiger partial charge in [0.15, 0.2) is 0 Å². The molecule has 0 spiro atoms. The molecule has 0 aliphatic carbocycles. The Hall–Kier alpha value is -1.64. The van der Waals surface area contributed by atoms with Gasteiger partial charge in [-0.15, -0.1) is 0 Å². The standard InChI is InChI=1S/C9H9N3/c1-6-9-7(3-2-4-11-9)8(10)5-12-6/h2-5H,10H2,1H3. The van der Waals surface area contributed by atoms with E-state index >= 15 is 0 Å². The second kappa shape index (κ2) is 2.44. The van der Waals surface area contributed by atoms with Crippen molar-refractivity contribution >= 4 is 16.6 Å². The first-order valence-corrected chi connectivity index (χ1v) is 3.75. The van der Waals surface area contributed by atoms with Crippen LogP contribution in [0.5, 0.6) is 0 Å². The molecule has 0 radical (unpaired) electrons. The molecule has 0 saturated heterocycles. The van der Waals surface area contributed by atoms with Crippen LogP contribution in [0.15, 0.2) is 24.5 Å². The minimum atomic E-state index is 0.684. The van der Waals surface area contributed by atoms with Gasteiger partial charge in [0.25, 0.3) is 0 Å². The number of pyridine rings is 2. The highest BCUT2D eigenvalue weighted by molar-refractivity contribution is 5.90. The van der Waals surface area contributed by atoms with E-state index in [4.69, 9.17) is 5.73 Å². The molecule has 0 atom stereocenters. The van der Waals surface area contributed by atoms with E-state index in [1.165, 1.54) is 0 Å². The van der Waals surface area contributed by atoms with Crippen molar-refractivity contribution in [3.05, 3.63) is 30.2 Å². The van der Waals surface area contributed by atoms with Crippen molar-refractivity contribution in [2.75, 3.05) is 5.73 Å². The van der Waals surface area contributed by atoms with E-state index in [1.807, 2.05) is 19.1 Å². The predicted octanol–water partition coefficient (Wildman–Crippen LogP) is 1.52. The monoisotopic (exact) mass is 159 g/mol. The largest absolute Gasteiger partial charge is 0.397 e. The van der Waals surface area contributed by atoms with Crippen molar-refractivity contribution in [3.8, 4) is 0 Å². The Bertz CT molecular complexity index is 383. The van der Waals surface area contributed by atoms with E-state index in [9.17, 15) is 0 Å². The van der Waals surface area contributed by atoms with Gasteiger partial charge in [-0.05, 0) is 19.1 Å². The van der Waals surface area contributed by atoms with Crippen LogP contribution in [0.25, 0.3) is 10.9 Å². The number of nitrogens with two attached hydrogens (primary N) is 1. The molecule has 0 aliphatic heterocycles. The molecule has 0 unspecified atom stereocenters. The third-order valence-corrected chi connectivity index (χ3v) is 1.86. The number of fused-ring (bicyclic) bond motifs is 1. The highest BCUT2D eigenvalue weighted by Crippen LogP contribution is 2.18. The second-order valence-corrected chi connectivity index (χ2v) is 2.70. The van der Waals surface area contributed by atoms with Crippen LogP contribution < -0.4 is 5.73 Å². The van der Waals surface area contributed by atoms with Crippen LogP contribution in [0.3, 0.4) is 0 Å². The maximum atomic E-state index is 5.72. The summed E-state index contributed by atoms with van der Waals surface area (Å²) in [4.78, 5) is 8.32. The second-order valence-electron chi connectivity index (χ2n) is 2.70. The molecule has 0 aliphatic rings. The van der Waals surface area contributed by atoms with E-state index in [-0.39, 0.29) is 0 Å². The summed E-state index contributed by atoms with van der Waals surface area (Å²) < 4.78 is 0. The van der Waals surface area contributed by atoms with Crippen LogP contribution in [0.1, 0.15) is 5.69 Å². The van der Waals surface area contributed by atoms with Gasteiger partial charge in [-0.25, -0.2) is 0 Å². The van der Waals surface area contributed by atoms with Crippen molar-refractivity contribution in [2.45, 2.75) is 6.92 Å². The number of hydrogen-bond donors (Lipinski definition) is 1. The quantitative estimate of drug-likeness (QED) is 0.634. The van der Waals surface area contributed by atoms with Crippen molar-refractivity contribution in [1.29, 1.82) is 0 Å². The van der Waals surface area contributed by atoms with Crippen LogP contribution in [0.4, 0.5) is 5.69 Å². The number of hydrogen-bond acceptors (Lipinski definition) is 3. The molecule has 2 N–H and O–H groups in total. The van der Waals surface area contributed by atoms with E-state index in [2.05, 4.69) is 9.97 Å². The molecule has 0 bridgehead atoms. The van der Waals surface area contributed by atoms with Crippen molar-refractivity contribution in [3.63, 3.8) is 0 Å². The molecular formula is C9H9N3. The molecule has 2 aromatic heterocycles. The molecule has 0 fully saturated rings. The SMILES string of the molecule is Cc1ncc(N)c2cccnc12. The Morgan fingerprint density at radius 3 is 2.92 bits per heavy atom. The number of aromatic nitrogens is 2. The van der Waals surface area contributed by atoms with Gasteiger partial charge in [0.1, 0.15) is 0 Å². The van der Waals surface area contributed by atoms with Gasteiger partial charge < -0.3 is 5.73 Å². The van der Waals surface area contributed by atoms with Crippen LogP contribution in [-0.4, -0.2) is 9.97 Å². The highest BCUT2D eigenvalue weighted by Gasteiger charge is 2.00. The Labute approximate surface area is 70.3 Å². The van der Waals surface area contributed by atoms with Gasteiger partial charge >= 0.3 is 0 Å². The Morgan fingerprint density at radius 2 is 2.17 bits per heavy atom. The number of anilines is 1. The van der Waals surface area contributed by atoms with Crippen LogP contribution in [0, 0.1) is 6.92 Å². The molecule has 3 heteroatoms. The number of rotatable bonds is 0. The summed E-state index contributed by atoms with van der Waals surface area (Å²) in [7, 11) is 0. The van der Waals surface area contributed by atoms with Crippen molar-refractivity contribution in [2.24, 2.45) is 0 Å². The zero-order valence-corrected chi connectivity index (χ0v) is 6.78. The van der Waals surface area contributed by atoms with E-state index in [0.717, 1.165) is 16.6 Å². The lowest BCUT2D eigenvalue weighted by molar-refractivity contribution is 1.21. The lowest BCUT2D eigenvalue weighted by Crippen LogP contribution is -1.93. The highest BCUT2D eigenvalue weighted by atomic mass is 14.8. The molecule has 0 amide bonds. The fourth-order valence-electron chi connectivity index (χ4n) is 1.22. The summed E-state index contributed by atoms with van der Waals surface area (Å²) in [5, 5.41) is 0.977. The molecule has 12 heavy (non-hydrogen) atoms. The minimum absolute atomic E-state index is 0.684. The predicted molar refractivity (Wildman–Crippen MR) is 48.7 cm³/mol. The maximum absolute atomic E-state index is 5.72. The Kier molecular flexibility index (Phi) is 1.43. The molecule has 2 rings (SSSR count). The van der Waals surface area contributed by atoms with Crippen molar-refractivity contribution < 1.29 is 0 Å². The van der Waals surface area contributed by atoms with Crippen LogP contribution in [0.2, 0.25) is 0 Å². The fourth-order valence-corrected chi connectivity index (χ4v) is 1.22. The summed E-state index contributed by atoms with van der Waals surface area (Å²) in [5.74, 6) is 0. The average Bonchev–Trinajstić information content (AvgIpc) is 2.12. The maximum Gasteiger partial charge on any atom is 0.0934 e.